The second-order valence-electron chi connectivity index (χ2n) is 2.63. The fourth-order valence-electron chi connectivity index (χ4n) is 0.939. The minimum atomic E-state index is -0.241. The first-order chi connectivity index (χ1) is 6.77. The molecule has 1 heterocycles. The standard InChI is InChI=1S/C9H13N3O2/c1-14-7-2-4-11-8(6-7)9(13)12-5-3-10/h2,4,6H,3,5,10H2,1H3,(H,12,13). The van der Waals surface area contributed by atoms with Crippen LogP contribution in [0.25, 0.3) is 0 Å². The Labute approximate surface area is 82.3 Å². The normalized spacial score (nSPS) is 9.57. The van der Waals surface area contributed by atoms with Crippen molar-refractivity contribution in [3.63, 3.8) is 0 Å². The number of hydrogen-bond acceptors (Lipinski definition) is 4. The number of methoxy groups -OCH3 is 1. The number of nitrogens with one attached hydrogen (secondary N) is 1. The first kappa shape index (κ1) is 10.5. The molecule has 0 aliphatic heterocycles. The molecule has 0 radical (unpaired) electrons. The zero-order valence-corrected chi connectivity index (χ0v) is 7.99. The van der Waals surface area contributed by atoms with Gasteiger partial charge < -0.3 is 15.8 Å². The van der Waals surface area contributed by atoms with E-state index in [1.54, 1.807) is 12.1 Å². The van der Waals surface area contributed by atoms with Gasteiger partial charge in [-0.05, 0) is 6.07 Å². The first-order valence-electron chi connectivity index (χ1n) is 4.26. The maximum absolute atomic E-state index is 11.4. The van der Waals surface area contributed by atoms with Gasteiger partial charge in [0.2, 0.25) is 0 Å². The monoisotopic (exact) mass is 195 g/mol. The molecule has 0 saturated heterocycles. The lowest BCUT2D eigenvalue weighted by molar-refractivity contribution is 0.0949. The molecule has 1 aromatic rings. The molecule has 0 fully saturated rings. The van der Waals surface area contributed by atoms with E-state index in [2.05, 4.69) is 10.3 Å². The van der Waals surface area contributed by atoms with Crippen molar-refractivity contribution in [2.45, 2.75) is 0 Å². The van der Waals surface area contributed by atoms with E-state index in [0.29, 0.717) is 24.5 Å². The average molecular weight is 195 g/mol. The number of pyridine rings is 1. The molecule has 1 amide bonds. The van der Waals surface area contributed by atoms with Gasteiger partial charge in [-0.2, -0.15) is 0 Å². The maximum Gasteiger partial charge on any atom is 0.270 e. The number of nitrogens with two attached hydrogens (primary N) is 1. The minimum absolute atomic E-state index is 0.241. The van der Waals surface area contributed by atoms with Crippen molar-refractivity contribution >= 4 is 5.91 Å². The molecule has 0 spiro atoms. The van der Waals surface area contributed by atoms with E-state index < -0.39 is 0 Å². The molecular weight excluding hydrogens is 182 g/mol. The maximum atomic E-state index is 11.4. The fourth-order valence-corrected chi connectivity index (χ4v) is 0.939. The number of amides is 1. The highest BCUT2D eigenvalue weighted by Gasteiger charge is 2.06. The summed E-state index contributed by atoms with van der Waals surface area (Å²) >= 11 is 0. The molecule has 1 rings (SSSR count). The van der Waals surface area contributed by atoms with Crippen LogP contribution in [0.2, 0.25) is 0 Å². The third-order valence-electron chi connectivity index (χ3n) is 1.63. The van der Waals surface area contributed by atoms with Crippen molar-refractivity contribution in [3.8, 4) is 5.75 Å². The van der Waals surface area contributed by atoms with Crippen molar-refractivity contribution < 1.29 is 9.53 Å². The molecule has 0 saturated carbocycles. The summed E-state index contributed by atoms with van der Waals surface area (Å²) in [7, 11) is 1.54. The molecule has 0 aliphatic rings. The summed E-state index contributed by atoms with van der Waals surface area (Å²) in [6, 6.07) is 3.26. The third-order valence-corrected chi connectivity index (χ3v) is 1.63. The average Bonchev–Trinajstić information content (AvgIpc) is 2.26. The molecular formula is C9H13N3O2. The highest BCUT2D eigenvalue weighted by molar-refractivity contribution is 5.92. The highest BCUT2D eigenvalue weighted by Crippen LogP contribution is 2.09. The molecule has 1 aromatic heterocycles. The second kappa shape index (κ2) is 5.18. The Balaban J connectivity index is 2.69. The lowest BCUT2D eigenvalue weighted by Crippen LogP contribution is -2.29. The summed E-state index contributed by atoms with van der Waals surface area (Å²) in [5.74, 6) is 0.368. The van der Waals surface area contributed by atoms with E-state index in [0.717, 1.165) is 0 Å². The van der Waals surface area contributed by atoms with Crippen molar-refractivity contribution in [3.05, 3.63) is 24.0 Å². The Kier molecular flexibility index (Phi) is 3.87. The van der Waals surface area contributed by atoms with Crippen molar-refractivity contribution in [2.24, 2.45) is 5.73 Å². The number of hydrogen-bond donors (Lipinski definition) is 2. The smallest absolute Gasteiger partial charge is 0.270 e. The summed E-state index contributed by atoms with van der Waals surface area (Å²) in [6.45, 7) is 0.855. The Bertz CT molecular complexity index is 315. The van der Waals surface area contributed by atoms with Gasteiger partial charge in [0.25, 0.3) is 5.91 Å². The van der Waals surface area contributed by atoms with E-state index in [9.17, 15) is 4.79 Å². The van der Waals surface area contributed by atoms with E-state index in [-0.39, 0.29) is 5.91 Å². The van der Waals surface area contributed by atoms with Crippen molar-refractivity contribution in [1.29, 1.82) is 0 Å². The predicted octanol–water partition coefficient (Wildman–Crippen LogP) is -0.221. The van der Waals surface area contributed by atoms with Crippen LogP contribution in [0.15, 0.2) is 18.3 Å². The van der Waals surface area contributed by atoms with Crippen molar-refractivity contribution in [1.82, 2.24) is 10.3 Å². The summed E-state index contributed by atoms with van der Waals surface area (Å²) in [6.07, 6.45) is 1.52. The van der Waals surface area contributed by atoms with Crippen LogP contribution in [0.1, 0.15) is 10.5 Å². The van der Waals surface area contributed by atoms with Crippen LogP contribution in [-0.4, -0.2) is 31.1 Å². The zero-order valence-electron chi connectivity index (χ0n) is 7.99. The van der Waals surface area contributed by atoms with Gasteiger partial charge in [0, 0.05) is 25.4 Å². The van der Waals surface area contributed by atoms with Gasteiger partial charge in [0.1, 0.15) is 11.4 Å². The van der Waals surface area contributed by atoms with E-state index in [1.807, 2.05) is 0 Å². The Morgan fingerprint density at radius 1 is 1.71 bits per heavy atom. The van der Waals surface area contributed by atoms with Gasteiger partial charge in [-0.25, -0.2) is 0 Å². The summed E-state index contributed by atoms with van der Waals surface area (Å²) in [5, 5.41) is 2.62. The van der Waals surface area contributed by atoms with Gasteiger partial charge >= 0.3 is 0 Å². The molecule has 5 heteroatoms. The number of ether oxygens (including phenoxy) is 1. The second-order valence-corrected chi connectivity index (χ2v) is 2.63. The Morgan fingerprint density at radius 3 is 3.14 bits per heavy atom. The number of carbonyl (C=O) groups is 1. The minimum Gasteiger partial charge on any atom is -0.497 e. The van der Waals surface area contributed by atoms with Crippen LogP contribution in [-0.2, 0) is 0 Å². The van der Waals surface area contributed by atoms with E-state index in [1.165, 1.54) is 13.3 Å². The topological polar surface area (TPSA) is 77.2 Å². The largest absolute Gasteiger partial charge is 0.497 e. The quantitative estimate of drug-likeness (QED) is 0.696. The third kappa shape index (κ3) is 2.70. The molecule has 0 unspecified atom stereocenters. The van der Waals surface area contributed by atoms with Gasteiger partial charge in [-0.15, -0.1) is 0 Å². The number of carbonyl (C=O) groups excluding carboxylic acids is 1. The predicted molar refractivity (Wildman–Crippen MR) is 52.2 cm³/mol. The number of nitrogens with zero attached hydrogens (tertiary/aromatic N) is 1. The lowest BCUT2D eigenvalue weighted by Gasteiger charge is -2.04. The molecule has 14 heavy (non-hydrogen) atoms. The summed E-state index contributed by atoms with van der Waals surface area (Å²) < 4.78 is 4.96. The van der Waals surface area contributed by atoms with Crippen molar-refractivity contribution in [2.75, 3.05) is 20.2 Å². The molecule has 0 atom stereocenters. The number of rotatable bonds is 4. The van der Waals surface area contributed by atoms with Gasteiger partial charge in [0.15, 0.2) is 0 Å². The summed E-state index contributed by atoms with van der Waals surface area (Å²) in [4.78, 5) is 15.3. The highest BCUT2D eigenvalue weighted by atomic mass is 16.5. The molecule has 76 valence electrons. The van der Waals surface area contributed by atoms with E-state index in [4.69, 9.17) is 10.5 Å². The SMILES string of the molecule is COc1ccnc(C(=O)NCCN)c1. The molecule has 0 aromatic carbocycles. The molecule has 0 bridgehead atoms. The van der Waals surface area contributed by atoms with Gasteiger partial charge in [-0.1, -0.05) is 0 Å². The Morgan fingerprint density at radius 2 is 2.50 bits per heavy atom. The van der Waals surface area contributed by atoms with Crippen LogP contribution in [0, 0.1) is 0 Å². The molecule has 3 N–H and O–H groups in total. The Hall–Kier alpha value is -1.62. The van der Waals surface area contributed by atoms with Crippen LogP contribution in [0.3, 0.4) is 0 Å². The van der Waals surface area contributed by atoms with Crippen LogP contribution in [0.5, 0.6) is 5.75 Å². The van der Waals surface area contributed by atoms with Crippen LogP contribution >= 0.6 is 0 Å². The lowest BCUT2D eigenvalue weighted by atomic mass is 10.3. The van der Waals surface area contributed by atoms with Gasteiger partial charge in [0.05, 0.1) is 7.11 Å². The van der Waals surface area contributed by atoms with Gasteiger partial charge in [-0.3, -0.25) is 9.78 Å². The molecule has 0 aliphatic carbocycles. The fraction of sp³-hybridized carbons (Fsp3) is 0.333. The molecule has 5 nitrogen and oxygen atoms in total. The number of aromatic nitrogens is 1. The zero-order chi connectivity index (χ0) is 10.4. The summed E-state index contributed by atoms with van der Waals surface area (Å²) in [5.41, 5.74) is 5.58. The van der Waals surface area contributed by atoms with Crippen LogP contribution in [0.4, 0.5) is 0 Å². The van der Waals surface area contributed by atoms with Crippen LogP contribution < -0.4 is 15.8 Å². The first-order valence-corrected chi connectivity index (χ1v) is 4.26. The van der Waals surface area contributed by atoms with E-state index >= 15 is 0 Å².